The fourth-order valence-electron chi connectivity index (χ4n) is 1.55. The van der Waals surface area contributed by atoms with Crippen molar-refractivity contribution in [2.75, 3.05) is 10.5 Å². The molecule has 0 aliphatic rings. The second-order valence-corrected chi connectivity index (χ2v) is 6.05. The fourth-order valence-corrected chi connectivity index (χ4v) is 2.65. The van der Waals surface area contributed by atoms with Gasteiger partial charge >= 0.3 is 6.01 Å². The highest BCUT2D eigenvalue weighted by Crippen LogP contribution is 2.21. The summed E-state index contributed by atoms with van der Waals surface area (Å²) in [4.78, 5) is 7.66. The van der Waals surface area contributed by atoms with Crippen LogP contribution in [-0.2, 0) is 10.0 Å². The SMILES string of the molecule is CCCS(=O)(=O)Nc1cnc(Oc2ccccc2F)nc1. The Bertz CT molecular complexity index is 705. The molecule has 0 fully saturated rings. The molecule has 0 atom stereocenters. The fraction of sp³-hybridized carbons (Fsp3) is 0.231. The molecule has 0 radical (unpaired) electrons. The number of nitrogens with zero attached hydrogens (tertiary/aromatic N) is 2. The van der Waals surface area contributed by atoms with E-state index in [0.717, 1.165) is 0 Å². The van der Waals surface area contributed by atoms with Crippen LogP contribution in [0.5, 0.6) is 11.8 Å². The zero-order valence-electron chi connectivity index (χ0n) is 11.3. The number of aromatic nitrogens is 2. The molecule has 112 valence electrons. The van der Waals surface area contributed by atoms with Gasteiger partial charge in [-0.05, 0) is 18.6 Å². The Morgan fingerprint density at radius 1 is 1.24 bits per heavy atom. The van der Waals surface area contributed by atoms with Crippen LogP contribution >= 0.6 is 0 Å². The lowest BCUT2D eigenvalue weighted by Gasteiger charge is -2.07. The van der Waals surface area contributed by atoms with Gasteiger partial charge in [-0.1, -0.05) is 19.1 Å². The van der Waals surface area contributed by atoms with Crippen LogP contribution in [0.25, 0.3) is 0 Å². The van der Waals surface area contributed by atoms with E-state index in [0.29, 0.717) is 6.42 Å². The smallest absolute Gasteiger partial charge is 0.322 e. The molecule has 0 saturated carbocycles. The predicted molar refractivity (Wildman–Crippen MR) is 76.2 cm³/mol. The third kappa shape index (κ3) is 4.38. The summed E-state index contributed by atoms with van der Waals surface area (Å²) in [5.74, 6) is -0.522. The summed E-state index contributed by atoms with van der Waals surface area (Å²) in [5.41, 5.74) is 0.226. The highest BCUT2D eigenvalue weighted by atomic mass is 32.2. The summed E-state index contributed by atoms with van der Waals surface area (Å²) < 4.78 is 44.0. The van der Waals surface area contributed by atoms with Crippen LogP contribution in [0.15, 0.2) is 36.7 Å². The minimum absolute atomic E-state index is 0.00295. The Morgan fingerprint density at radius 2 is 1.90 bits per heavy atom. The van der Waals surface area contributed by atoms with Crippen LogP contribution < -0.4 is 9.46 Å². The van der Waals surface area contributed by atoms with Gasteiger partial charge in [0.1, 0.15) is 0 Å². The lowest BCUT2D eigenvalue weighted by molar-refractivity contribution is 0.411. The Morgan fingerprint density at radius 3 is 2.52 bits per heavy atom. The van der Waals surface area contributed by atoms with E-state index in [1.807, 2.05) is 0 Å². The quantitative estimate of drug-likeness (QED) is 0.886. The summed E-state index contributed by atoms with van der Waals surface area (Å²) in [6.45, 7) is 1.76. The van der Waals surface area contributed by atoms with E-state index in [2.05, 4.69) is 14.7 Å². The highest BCUT2D eigenvalue weighted by Gasteiger charge is 2.10. The van der Waals surface area contributed by atoms with Gasteiger partial charge in [0.05, 0.1) is 23.8 Å². The van der Waals surface area contributed by atoms with Gasteiger partial charge in [-0.25, -0.2) is 22.8 Å². The van der Waals surface area contributed by atoms with E-state index < -0.39 is 15.8 Å². The molecule has 8 heteroatoms. The van der Waals surface area contributed by atoms with E-state index in [9.17, 15) is 12.8 Å². The minimum atomic E-state index is -3.39. The second kappa shape index (κ2) is 6.49. The molecule has 21 heavy (non-hydrogen) atoms. The van der Waals surface area contributed by atoms with Crippen LogP contribution in [0.3, 0.4) is 0 Å². The number of hydrogen-bond acceptors (Lipinski definition) is 5. The first-order valence-electron chi connectivity index (χ1n) is 6.25. The van der Waals surface area contributed by atoms with Crippen molar-refractivity contribution in [1.29, 1.82) is 0 Å². The van der Waals surface area contributed by atoms with Crippen LogP contribution in [-0.4, -0.2) is 24.1 Å². The third-order valence-corrected chi connectivity index (χ3v) is 3.90. The van der Waals surface area contributed by atoms with E-state index >= 15 is 0 Å². The van der Waals surface area contributed by atoms with Gasteiger partial charge in [0.15, 0.2) is 11.6 Å². The van der Waals surface area contributed by atoms with Crippen molar-refractivity contribution in [3.63, 3.8) is 0 Å². The van der Waals surface area contributed by atoms with Crippen LogP contribution in [0, 0.1) is 5.82 Å². The number of rotatable bonds is 6. The number of hydrogen-bond donors (Lipinski definition) is 1. The largest absolute Gasteiger partial charge is 0.421 e. The number of sulfonamides is 1. The lowest BCUT2D eigenvalue weighted by Crippen LogP contribution is -2.16. The Kier molecular flexibility index (Phi) is 4.69. The second-order valence-electron chi connectivity index (χ2n) is 4.21. The number of para-hydroxylation sites is 1. The topological polar surface area (TPSA) is 81.2 Å². The Hall–Kier alpha value is -2.22. The van der Waals surface area contributed by atoms with Gasteiger partial charge < -0.3 is 4.74 Å². The molecule has 0 spiro atoms. The summed E-state index contributed by atoms with van der Waals surface area (Å²) in [6.07, 6.45) is 3.03. The summed E-state index contributed by atoms with van der Waals surface area (Å²) >= 11 is 0. The van der Waals surface area contributed by atoms with Crippen molar-refractivity contribution in [2.45, 2.75) is 13.3 Å². The average Bonchev–Trinajstić information content (AvgIpc) is 2.43. The molecule has 6 nitrogen and oxygen atoms in total. The maximum Gasteiger partial charge on any atom is 0.322 e. The average molecular weight is 311 g/mol. The van der Waals surface area contributed by atoms with Crippen molar-refractivity contribution in [3.8, 4) is 11.8 Å². The molecule has 0 unspecified atom stereocenters. The number of ether oxygens (including phenoxy) is 1. The Labute approximate surface area is 122 Å². The molecule has 2 aromatic rings. The molecular formula is C13H14FN3O3S. The van der Waals surface area contributed by atoms with Gasteiger partial charge in [-0.3, -0.25) is 4.72 Å². The van der Waals surface area contributed by atoms with Crippen molar-refractivity contribution in [1.82, 2.24) is 9.97 Å². The normalized spacial score (nSPS) is 11.1. The third-order valence-electron chi connectivity index (χ3n) is 2.41. The molecule has 1 N–H and O–H groups in total. The van der Waals surface area contributed by atoms with Gasteiger partial charge in [0.25, 0.3) is 0 Å². The Balaban J connectivity index is 2.08. The molecule has 0 aliphatic carbocycles. The monoisotopic (exact) mass is 311 g/mol. The van der Waals surface area contributed by atoms with E-state index in [1.54, 1.807) is 13.0 Å². The zero-order chi connectivity index (χ0) is 15.3. The van der Waals surface area contributed by atoms with Crippen LogP contribution in [0.4, 0.5) is 10.1 Å². The van der Waals surface area contributed by atoms with Crippen molar-refractivity contribution in [2.24, 2.45) is 0 Å². The molecule has 1 aromatic heterocycles. The molecule has 0 bridgehead atoms. The van der Waals surface area contributed by atoms with Crippen molar-refractivity contribution in [3.05, 3.63) is 42.5 Å². The van der Waals surface area contributed by atoms with Crippen molar-refractivity contribution >= 4 is 15.7 Å². The van der Waals surface area contributed by atoms with Gasteiger partial charge in [-0.2, -0.15) is 0 Å². The standard InChI is InChI=1S/C13H14FN3O3S/c1-2-7-21(18,19)17-10-8-15-13(16-9-10)20-12-6-4-3-5-11(12)14/h3-6,8-9,17H,2,7H2,1H3. The van der Waals surface area contributed by atoms with Crippen molar-refractivity contribution < 1.29 is 17.5 Å². The number of halogens is 1. The molecule has 0 saturated heterocycles. The first-order chi connectivity index (χ1) is 10.00. The van der Waals surface area contributed by atoms with Gasteiger partial charge in [0, 0.05) is 0 Å². The first kappa shape index (κ1) is 15.2. The van der Waals surface area contributed by atoms with E-state index in [4.69, 9.17) is 4.74 Å². The first-order valence-corrected chi connectivity index (χ1v) is 7.90. The maximum atomic E-state index is 13.4. The number of anilines is 1. The van der Waals surface area contributed by atoms with E-state index in [1.165, 1.54) is 30.6 Å². The minimum Gasteiger partial charge on any atom is -0.421 e. The predicted octanol–water partition coefficient (Wildman–Crippen LogP) is 2.56. The maximum absolute atomic E-state index is 13.4. The van der Waals surface area contributed by atoms with E-state index in [-0.39, 0.29) is 23.2 Å². The lowest BCUT2D eigenvalue weighted by atomic mass is 10.3. The molecule has 0 amide bonds. The van der Waals surface area contributed by atoms with Crippen LogP contribution in [0.2, 0.25) is 0 Å². The summed E-state index contributed by atoms with van der Waals surface area (Å²) in [7, 11) is -3.39. The summed E-state index contributed by atoms with van der Waals surface area (Å²) in [6, 6.07) is 5.78. The van der Waals surface area contributed by atoms with Gasteiger partial charge in [-0.15, -0.1) is 0 Å². The molecular weight excluding hydrogens is 297 g/mol. The molecule has 0 aliphatic heterocycles. The number of benzene rings is 1. The molecule has 2 rings (SSSR count). The van der Waals surface area contributed by atoms with Gasteiger partial charge in [0.2, 0.25) is 10.0 Å². The zero-order valence-corrected chi connectivity index (χ0v) is 12.1. The highest BCUT2D eigenvalue weighted by molar-refractivity contribution is 7.92. The molecule has 1 aromatic carbocycles. The molecule has 1 heterocycles. The summed E-state index contributed by atoms with van der Waals surface area (Å²) in [5, 5.41) is 0. The number of nitrogens with one attached hydrogen (secondary N) is 1. The van der Waals surface area contributed by atoms with Crippen LogP contribution in [0.1, 0.15) is 13.3 Å².